The molecule has 2 atom stereocenters. The number of nitrogens with zero attached hydrogens (tertiary/aromatic N) is 3. The van der Waals surface area contributed by atoms with Crippen LogP contribution < -0.4 is 10.6 Å². The minimum Gasteiger partial charge on any atom is -0.355 e. The number of likely N-dealkylation sites (tertiary alicyclic amines) is 1. The summed E-state index contributed by atoms with van der Waals surface area (Å²) >= 11 is 0. The number of hydrogen-bond acceptors (Lipinski definition) is 3. The molecular weight excluding hydrogens is 310 g/mol. The van der Waals surface area contributed by atoms with Crippen molar-refractivity contribution in [3.63, 3.8) is 0 Å². The van der Waals surface area contributed by atoms with Gasteiger partial charge in [-0.1, -0.05) is 44.2 Å². The van der Waals surface area contributed by atoms with Crippen LogP contribution in [0.15, 0.2) is 35.3 Å². The molecule has 0 aliphatic carbocycles. The second-order valence-corrected chi connectivity index (χ2v) is 6.87. The van der Waals surface area contributed by atoms with E-state index in [-0.39, 0.29) is 0 Å². The van der Waals surface area contributed by atoms with Crippen molar-refractivity contribution in [2.75, 3.05) is 39.8 Å². The van der Waals surface area contributed by atoms with Gasteiger partial charge in [0.05, 0.1) is 0 Å². The van der Waals surface area contributed by atoms with Crippen LogP contribution in [0.4, 0.5) is 0 Å². The predicted molar refractivity (Wildman–Crippen MR) is 107 cm³/mol. The molecule has 1 aromatic rings. The molecule has 25 heavy (non-hydrogen) atoms. The van der Waals surface area contributed by atoms with E-state index in [1.807, 2.05) is 7.05 Å². The first-order valence-electron chi connectivity index (χ1n) is 9.63. The van der Waals surface area contributed by atoms with Crippen molar-refractivity contribution in [2.24, 2.45) is 4.99 Å². The summed E-state index contributed by atoms with van der Waals surface area (Å²) in [5, 5.41) is 7.05. The maximum absolute atomic E-state index is 4.39. The third kappa shape index (κ3) is 6.33. The first-order chi connectivity index (χ1) is 12.2. The molecular formula is C20H35N5. The Morgan fingerprint density at radius 3 is 2.60 bits per heavy atom. The van der Waals surface area contributed by atoms with Crippen LogP contribution in [-0.2, 0) is 6.54 Å². The highest BCUT2D eigenvalue weighted by Crippen LogP contribution is 2.20. The number of benzene rings is 1. The maximum Gasteiger partial charge on any atom is 0.191 e. The fourth-order valence-corrected chi connectivity index (χ4v) is 3.50. The third-order valence-corrected chi connectivity index (χ3v) is 5.11. The molecule has 0 saturated carbocycles. The number of hydrogen-bond donors (Lipinski definition) is 2. The lowest BCUT2D eigenvalue weighted by Gasteiger charge is -2.22. The van der Waals surface area contributed by atoms with Crippen molar-refractivity contribution in [1.29, 1.82) is 0 Å². The van der Waals surface area contributed by atoms with Gasteiger partial charge in [0.2, 0.25) is 0 Å². The smallest absolute Gasteiger partial charge is 0.191 e. The molecule has 1 saturated heterocycles. The lowest BCUT2D eigenvalue weighted by Crippen LogP contribution is -2.46. The van der Waals surface area contributed by atoms with Crippen LogP contribution in [0.2, 0.25) is 0 Å². The molecule has 2 unspecified atom stereocenters. The summed E-state index contributed by atoms with van der Waals surface area (Å²) in [6.07, 6.45) is 1.16. The molecule has 0 aromatic heterocycles. The second-order valence-electron chi connectivity index (χ2n) is 6.87. The molecule has 0 radical (unpaired) electrons. The minimum atomic E-state index is 0.457. The average Bonchev–Trinajstić information content (AvgIpc) is 2.97. The lowest BCUT2D eigenvalue weighted by molar-refractivity contribution is 0.258. The third-order valence-electron chi connectivity index (χ3n) is 5.11. The van der Waals surface area contributed by atoms with Gasteiger partial charge in [-0.25, -0.2) is 0 Å². The van der Waals surface area contributed by atoms with Gasteiger partial charge in [0.15, 0.2) is 5.96 Å². The first kappa shape index (κ1) is 19.7. The van der Waals surface area contributed by atoms with Gasteiger partial charge in [0, 0.05) is 45.3 Å². The Bertz CT molecular complexity index is 512. The highest BCUT2D eigenvalue weighted by Gasteiger charge is 2.29. The van der Waals surface area contributed by atoms with E-state index >= 15 is 0 Å². The largest absolute Gasteiger partial charge is 0.355 e. The van der Waals surface area contributed by atoms with Crippen molar-refractivity contribution in [1.82, 2.24) is 20.4 Å². The first-order valence-corrected chi connectivity index (χ1v) is 9.63. The Morgan fingerprint density at radius 1 is 1.24 bits per heavy atom. The van der Waals surface area contributed by atoms with Crippen LogP contribution in [0.25, 0.3) is 0 Å². The van der Waals surface area contributed by atoms with Gasteiger partial charge in [-0.3, -0.25) is 9.89 Å². The summed E-state index contributed by atoms with van der Waals surface area (Å²) < 4.78 is 0. The van der Waals surface area contributed by atoms with E-state index < -0.39 is 0 Å². The highest BCUT2D eigenvalue weighted by atomic mass is 15.3. The zero-order valence-corrected chi connectivity index (χ0v) is 16.3. The molecule has 0 amide bonds. The summed E-state index contributed by atoms with van der Waals surface area (Å²) in [4.78, 5) is 9.36. The van der Waals surface area contributed by atoms with Crippen molar-refractivity contribution < 1.29 is 0 Å². The van der Waals surface area contributed by atoms with E-state index in [2.05, 4.69) is 76.5 Å². The van der Waals surface area contributed by atoms with Crippen molar-refractivity contribution in [3.05, 3.63) is 35.9 Å². The van der Waals surface area contributed by atoms with Gasteiger partial charge >= 0.3 is 0 Å². The van der Waals surface area contributed by atoms with Crippen LogP contribution in [0, 0.1) is 0 Å². The van der Waals surface area contributed by atoms with Crippen LogP contribution in [0.1, 0.15) is 32.8 Å². The fraction of sp³-hybridized carbons (Fsp3) is 0.650. The number of guanidine groups is 1. The molecule has 2 rings (SSSR count). The quantitative estimate of drug-likeness (QED) is 0.560. The average molecular weight is 346 g/mol. The van der Waals surface area contributed by atoms with E-state index in [4.69, 9.17) is 0 Å². The van der Waals surface area contributed by atoms with Crippen molar-refractivity contribution in [3.8, 4) is 0 Å². The number of aliphatic imine (C=N–C) groups is 1. The van der Waals surface area contributed by atoms with Crippen LogP contribution in [0.5, 0.6) is 0 Å². The number of nitrogens with one attached hydrogen (secondary N) is 2. The zero-order chi connectivity index (χ0) is 18.1. The number of rotatable bonds is 8. The zero-order valence-electron chi connectivity index (χ0n) is 16.3. The normalized spacial score (nSPS) is 21.7. The Hall–Kier alpha value is -1.59. The van der Waals surface area contributed by atoms with Crippen molar-refractivity contribution >= 4 is 5.96 Å². The Labute approximate surface area is 153 Å². The summed E-state index contributed by atoms with van der Waals surface area (Å²) in [6.45, 7) is 13.0. The molecule has 0 spiro atoms. The molecule has 1 aromatic carbocycles. The Balaban J connectivity index is 1.77. The summed E-state index contributed by atoms with van der Waals surface area (Å²) in [7, 11) is 1.85. The van der Waals surface area contributed by atoms with E-state index in [0.717, 1.165) is 51.6 Å². The summed E-state index contributed by atoms with van der Waals surface area (Å²) in [6, 6.07) is 11.8. The van der Waals surface area contributed by atoms with Gasteiger partial charge in [0.1, 0.15) is 0 Å². The molecule has 5 nitrogen and oxygen atoms in total. The predicted octanol–water partition coefficient (Wildman–Crippen LogP) is 2.16. The van der Waals surface area contributed by atoms with Crippen molar-refractivity contribution in [2.45, 2.75) is 45.8 Å². The lowest BCUT2D eigenvalue weighted by atomic mass is 10.2. The van der Waals surface area contributed by atoms with E-state index in [0.29, 0.717) is 12.1 Å². The molecule has 1 heterocycles. The molecule has 1 fully saturated rings. The molecule has 2 N–H and O–H groups in total. The molecule has 0 bridgehead atoms. The fourth-order valence-electron chi connectivity index (χ4n) is 3.50. The highest BCUT2D eigenvalue weighted by molar-refractivity contribution is 5.80. The Morgan fingerprint density at radius 2 is 1.96 bits per heavy atom. The van der Waals surface area contributed by atoms with Gasteiger partial charge in [-0.2, -0.15) is 0 Å². The summed E-state index contributed by atoms with van der Waals surface area (Å²) in [5.41, 5.74) is 1.39. The van der Waals surface area contributed by atoms with Crippen LogP contribution >= 0.6 is 0 Å². The van der Waals surface area contributed by atoms with E-state index in [1.165, 1.54) is 5.56 Å². The monoisotopic (exact) mass is 345 g/mol. The van der Waals surface area contributed by atoms with Gasteiger partial charge < -0.3 is 15.5 Å². The van der Waals surface area contributed by atoms with Gasteiger partial charge in [0.25, 0.3) is 0 Å². The second kappa shape index (κ2) is 10.4. The molecule has 1 aliphatic rings. The number of likely N-dealkylation sites (N-methyl/N-ethyl adjacent to an activating group) is 1. The van der Waals surface area contributed by atoms with Gasteiger partial charge in [-0.05, 0) is 32.0 Å². The standard InChI is InChI=1S/C20H35N5/c1-5-24(6-2)13-12-22-20(21-4)23-19-14-17(3)25(16-19)15-18-10-8-7-9-11-18/h7-11,17,19H,5-6,12-16H2,1-4H3,(H2,21,22,23). The Kier molecular flexibility index (Phi) is 8.22. The van der Waals surface area contributed by atoms with Gasteiger partial charge in [-0.15, -0.1) is 0 Å². The SMILES string of the molecule is CCN(CC)CCNC(=NC)NC1CC(C)N(Cc2ccccc2)C1. The van der Waals surface area contributed by atoms with E-state index in [1.54, 1.807) is 0 Å². The molecule has 140 valence electrons. The van der Waals surface area contributed by atoms with Crippen LogP contribution in [0.3, 0.4) is 0 Å². The summed E-state index contributed by atoms with van der Waals surface area (Å²) in [5.74, 6) is 0.922. The minimum absolute atomic E-state index is 0.457. The topological polar surface area (TPSA) is 42.9 Å². The maximum atomic E-state index is 4.39. The molecule has 1 aliphatic heterocycles. The molecule has 5 heteroatoms. The van der Waals surface area contributed by atoms with E-state index in [9.17, 15) is 0 Å². The van der Waals surface area contributed by atoms with Crippen LogP contribution in [-0.4, -0.2) is 67.6 Å².